The van der Waals surface area contributed by atoms with Crippen molar-refractivity contribution in [3.8, 4) is 0 Å². The van der Waals surface area contributed by atoms with Crippen LogP contribution in [0.1, 0.15) is 31.0 Å². The molecule has 2 aromatic rings. The first-order valence-electron chi connectivity index (χ1n) is 7.23. The highest BCUT2D eigenvalue weighted by atomic mass is 35.5. The molecule has 0 aliphatic rings. The van der Waals surface area contributed by atoms with Crippen molar-refractivity contribution < 1.29 is 0 Å². The molecular weight excluding hydrogens is 298 g/mol. The fourth-order valence-corrected chi connectivity index (χ4v) is 2.98. The molecule has 0 bridgehead atoms. The number of halogens is 1. The molecule has 1 N–H and O–H groups in total. The van der Waals surface area contributed by atoms with Crippen LogP contribution >= 0.6 is 23.4 Å². The topological polar surface area (TPSA) is 12.0 Å². The molecule has 2 aromatic carbocycles. The maximum Gasteiger partial charge on any atom is 0.0406 e. The highest BCUT2D eigenvalue weighted by molar-refractivity contribution is 7.98. The fourth-order valence-electron chi connectivity index (χ4n) is 2.45. The molecule has 0 radical (unpaired) electrons. The molecular formula is C18H22ClNS. The van der Waals surface area contributed by atoms with E-state index in [1.807, 2.05) is 12.1 Å². The standard InChI is InChI=1S/C18H22ClNS/c1-13(12-15-4-8-17(19)9-5-15)20-14(2)16-6-10-18(21-3)11-7-16/h4-11,13-14,20H,12H2,1-3H3. The smallest absolute Gasteiger partial charge is 0.0406 e. The molecule has 0 amide bonds. The number of benzene rings is 2. The summed E-state index contributed by atoms with van der Waals surface area (Å²) in [6.07, 6.45) is 3.11. The SMILES string of the molecule is CSc1ccc(C(C)NC(C)Cc2ccc(Cl)cc2)cc1. The number of nitrogens with one attached hydrogen (secondary N) is 1. The monoisotopic (exact) mass is 319 g/mol. The molecule has 0 aromatic heterocycles. The molecule has 0 aliphatic heterocycles. The maximum absolute atomic E-state index is 5.92. The Labute approximate surface area is 137 Å². The lowest BCUT2D eigenvalue weighted by Crippen LogP contribution is -2.30. The second-order valence-corrected chi connectivity index (χ2v) is 6.71. The molecule has 0 heterocycles. The van der Waals surface area contributed by atoms with Gasteiger partial charge in [-0.3, -0.25) is 0 Å². The second-order valence-electron chi connectivity index (χ2n) is 5.39. The van der Waals surface area contributed by atoms with Crippen molar-refractivity contribution in [2.45, 2.75) is 37.2 Å². The van der Waals surface area contributed by atoms with E-state index in [4.69, 9.17) is 11.6 Å². The van der Waals surface area contributed by atoms with Gasteiger partial charge >= 0.3 is 0 Å². The molecule has 3 heteroatoms. The third-order valence-electron chi connectivity index (χ3n) is 3.61. The third-order valence-corrected chi connectivity index (χ3v) is 4.60. The Morgan fingerprint density at radius 1 is 1.00 bits per heavy atom. The van der Waals surface area contributed by atoms with E-state index in [1.54, 1.807) is 11.8 Å². The Morgan fingerprint density at radius 3 is 2.19 bits per heavy atom. The summed E-state index contributed by atoms with van der Waals surface area (Å²) in [5, 5.41) is 4.45. The van der Waals surface area contributed by atoms with Gasteiger partial charge in [-0.15, -0.1) is 11.8 Å². The summed E-state index contributed by atoms with van der Waals surface area (Å²) in [6, 6.07) is 17.6. The van der Waals surface area contributed by atoms with Crippen molar-refractivity contribution in [2.75, 3.05) is 6.26 Å². The van der Waals surface area contributed by atoms with Crippen molar-refractivity contribution >= 4 is 23.4 Å². The van der Waals surface area contributed by atoms with Gasteiger partial charge in [-0.1, -0.05) is 35.9 Å². The summed E-state index contributed by atoms with van der Waals surface area (Å²) in [4.78, 5) is 1.31. The van der Waals surface area contributed by atoms with Crippen molar-refractivity contribution in [1.29, 1.82) is 0 Å². The molecule has 21 heavy (non-hydrogen) atoms. The molecule has 112 valence electrons. The van der Waals surface area contributed by atoms with Gasteiger partial charge in [0.25, 0.3) is 0 Å². The van der Waals surface area contributed by atoms with E-state index in [0.717, 1.165) is 11.4 Å². The quantitative estimate of drug-likeness (QED) is 0.721. The Kier molecular flexibility index (Phi) is 6.16. The molecule has 2 rings (SSSR count). The zero-order valence-corrected chi connectivity index (χ0v) is 14.3. The second kappa shape index (κ2) is 7.88. The van der Waals surface area contributed by atoms with Crippen LogP contribution in [-0.4, -0.2) is 12.3 Å². The summed E-state index contributed by atoms with van der Waals surface area (Å²) >= 11 is 7.69. The van der Waals surface area contributed by atoms with Crippen LogP contribution < -0.4 is 5.32 Å². The van der Waals surface area contributed by atoms with Crippen molar-refractivity contribution in [1.82, 2.24) is 5.32 Å². The average Bonchev–Trinajstić information content (AvgIpc) is 2.49. The zero-order valence-electron chi connectivity index (χ0n) is 12.8. The van der Waals surface area contributed by atoms with Crippen LogP contribution in [0.25, 0.3) is 0 Å². The molecule has 0 saturated carbocycles. The summed E-state index contributed by atoms with van der Waals surface area (Å²) in [7, 11) is 0. The fraction of sp³-hybridized carbons (Fsp3) is 0.333. The third kappa shape index (κ3) is 5.06. The summed E-state index contributed by atoms with van der Waals surface area (Å²) in [5.74, 6) is 0. The Bertz CT molecular complexity index is 550. The van der Waals surface area contributed by atoms with Crippen LogP contribution in [0.3, 0.4) is 0 Å². The van der Waals surface area contributed by atoms with Crippen molar-refractivity contribution in [3.05, 3.63) is 64.7 Å². The maximum atomic E-state index is 5.92. The van der Waals surface area contributed by atoms with Crippen LogP contribution in [-0.2, 0) is 6.42 Å². The molecule has 0 fully saturated rings. The molecule has 1 nitrogen and oxygen atoms in total. The Hall–Kier alpha value is -0.960. The van der Waals surface area contributed by atoms with Gasteiger partial charge in [0, 0.05) is 22.0 Å². The van der Waals surface area contributed by atoms with Gasteiger partial charge in [-0.2, -0.15) is 0 Å². The predicted molar refractivity (Wildman–Crippen MR) is 94.4 cm³/mol. The number of hydrogen-bond acceptors (Lipinski definition) is 2. The van der Waals surface area contributed by atoms with Gasteiger partial charge in [-0.25, -0.2) is 0 Å². The molecule has 2 atom stereocenters. The van der Waals surface area contributed by atoms with E-state index >= 15 is 0 Å². The van der Waals surface area contributed by atoms with E-state index < -0.39 is 0 Å². The molecule has 0 aliphatic carbocycles. The van der Waals surface area contributed by atoms with Crippen LogP contribution in [0.4, 0.5) is 0 Å². The average molecular weight is 320 g/mol. The minimum atomic E-state index is 0.350. The van der Waals surface area contributed by atoms with Gasteiger partial charge < -0.3 is 5.32 Å². The molecule has 0 saturated heterocycles. The van der Waals surface area contributed by atoms with E-state index in [2.05, 4.69) is 61.8 Å². The van der Waals surface area contributed by atoms with E-state index in [1.165, 1.54) is 16.0 Å². The van der Waals surface area contributed by atoms with E-state index in [-0.39, 0.29) is 0 Å². The van der Waals surface area contributed by atoms with Crippen molar-refractivity contribution in [2.24, 2.45) is 0 Å². The summed E-state index contributed by atoms with van der Waals surface area (Å²) in [5.41, 5.74) is 2.64. The first-order valence-corrected chi connectivity index (χ1v) is 8.83. The lowest BCUT2D eigenvalue weighted by Gasteiger charge is -2.20. The van der Waals surface area contributed by atoms with Crippen LogP contribution in [0.2, 0.25) is 5.02 Å². The highest BCUT2D eigenvalue weighted by Gasteiger charge is 2.10. The van der Waals surface area contributed by atoms with E-state index in [0.29, 0.717) is 12.1 Å². The molecule has 2 unspecified atom stereocenters. The lowest BCUT2D eigenvalue weighted by molar-refractivity contribution is 0.477. The number of rotatable bonds is 6. The largest absolute Gasteiger partial charge is 0.307 e. The highest BCUT2D eigenvalue weighted by Crippen LogP contribution is 2.19. The molecule has 0 spiro atoms. The number of thioether (sulfide) groups is 1. The van der Waals surface area contributed by atoms with Gasteiger partial charge in [-0.05, 0) is 61.9 Å². The van der Waals surface area contributed by atoms with Gasteiger partial charge in [0.15, 0.2) is 0 Å². The normalized spacial score (nSPS) is 13.9. The number of hydrogen-bond donors (Lipinski definition) is 1. The van der Waals surface area contributed by atoms with Gasteiger partial charge in [0.2, 0.25) is 0 Å². The van der Waals surface area contributed by atoms with Crippen LogP contribution in [0, 0.1) is 0 Å². The first-order chi connectivity index (χ1) is 10.1. The Morgan fingerprint density at radius 2 is 1.62 bits per heavy atom. The van der Waals surface area contributed by atoms with Crippen LogP contribution in [0.15, 0.2) is 53.4 Å². The minimum Gasteiger partial charge on any atom is -0.307 e. The Balaban J connectivity index is 1.91. The van der Waals surface area contributed by atoms with E-state index in [9.17, 15) is 0 Å². The zero-order chi connectivity index (χ0) is 15.2. The summed E-state index contributed by atoms with van der Waals surface area (Å²) < 4.78 is 0. The predicted octanol–water partition coefficient (Wildman–Crippen LogP) is 5.34. The van der Waals surface area contributed by atoms with Gasteiger partial charge in [0.1, 0.15) is 0 Å². The minimum absolute atomic E-state index is 0.350. The van der Waals surface area contributed by atoms with Crippen LogP contribution in [0.5, 0.6) is 0 Å². The van der Waals surface area contributed by atoms with Gasteiger partial charge in [0.05, 0.1) is 0 Å². The van der Waals surface area contributed by atoms with Crippen molar-refractivity contribution in [3.63, 3.8) is 0 Å². The lowest BCUT2D eigenvalue weighted by atomic mass is 10.0. The summed E-state index contributed by atoms with van der Waals surface area (Å²) in [6.45, 7) is 4.44. The first kappa shape index (κ1) is 16.4.